The summed E-state index contributed by atoms with van der Waals surface area (Å²) in [6.45, 7) is 0.374. The SMILES string of the molecule is Fc1cccc(Br)c1Cn1ccnc1-c1cnccn1. The van der Waals surface area contributed by atoms with E-state index in [0.29, 0.717) is 23.6 Å². The molecular weight excluding hydrogens is 323 g/mol. The van der Waals surface area contributed by atoms with Crippen LogP contribution in [0.4, 0.5) is 4.39 Å². The average molecular weight is 333 g/mol. The van der Waals surface area contributed by atoms with Crippen molar-refractivity contribution >= 4 is 15.9 Å². The Morgan fingerprint density at radius 1 is 1.15 bits per heavy atom. The van der Waals surface area contributed by atoms with Gasteiger partial charge in [-0.05, 0) is 12.1 Å². The van der Waals surface area contributed by atoms with Gasteiger partial charge in [0.25, 0.3) is 0 Å². The Morgan fingerprint density at radius 3 is 2.80 bits per heavy atom. The molecule has 2 heterocycles. The third-order valence-corrected chi connectivity index (χ3v) is 3.64. The first kappa shape index (κ1) is 12.9. The zero-order valence-electron chi connectivity index (χ0n) is 10.4. The van der Waals surface area contributed by atoms with E-state index in [0.717, 1.165) is 4.47 Å². The number of rotatable bonds is 3. The summed E-state index contributed by atoms with van der Waals surface area (Å²) in [5.41, 5.74) is 1.24. The van der Waals surface area contributed by atoms with E-state index in [1.54, 1.807) is 37.1 Å². The third-order valence-electron chi connectivity index (χ3n) is 2.90. The van der Waals surface area contributed by atoms with E-state index >= 15 is 0 Å². The zero-order valence-corrected chi connectivity index (χ0v) is 12.0. The maximum atomic E-state index is 13.9. The van der Waals surface area contributed by atoms with E-state index in [1.807, 2.05) is 10.6 Å². The first-order valence-electron chi connectivity index (χ1n) is 5.96. The highest BCUT2D eigenvalue weighted by Crippen LogP contribution is 2.23. The first-order valence-corrected chi connectivity index (χ1v) is 6.75. The van der Waals surface area contributed by atoms with Gasteiger partial charge in [-0.15, -0.1) is 0 Å². The Morgan fingerprint density at radius 2 is 2.05 bits per heavy atom. The first-order chi connectivity index (χ1) is 9.75. The van der Waals surface area contributed by atoms with Gasteiger partial charge in [0, 0.05) is 34.8 Å². The van der Waals surface area contributed by atoms with Crippen LogP contribution in [0.1, 0.15) is 5.56 Å². The molecule has 6 heteroatoms. The van der Waals surface area contributed by atoms with Crippen LogP contribution in [0, 0.1) is 5.82 Å². The summed E-state index contributed by atoms with van der Waals surface area (Å²) < 4.78 is 16.5. The predicted molar refractivity (Wildman–Crippen MR) is 76.5 cm³/mol. The van der Waals surface area contributed by atoms with Crippen LogP contribution >= 0.6 is 15.9 Å². The minimum atomic E-state index is -0.252. The Kier molecular flexibility index (Phi) is 3.56. The van der Waals surface area contributed by atoms with Crippen molar-refractivity contribution in [3.05, 3.63) is 65.0 Å². The van der Waals surface area contributed by atoms with Crippen molar-refractivity contribution < 1.29 is 4.39 Å². The Labute approximate surface area is 123 Å². The number of hydrogen-bond acceptors (Lipinski definition) is 3. The summed E-state index contributed by atoms with van der Waals surface area (Å²) in [5.74, 6) is 0.409. The molecule has 3 aromatic rings. The molecule has 0 fully saturated rings. The largest absolute Gasteiger partial charge is 0.325 e. The Hall–Kier alpha value is -2.08. The molecule has 0 aliphatic rings. The van der Waals surface area contributed by atoms with Gasteiger partial charge in [0.1, 0.15) is 11.5 Å². The lowest BCUT2D eigenvalue weighted by Gasteiger charge is -2.09. The summed E-state index contributed by atoms with van der Waals surface area (Å²) in [7, 11) is 0. The monoisotopic (exact) mass is 332 g/mol. The molecule has 0 saturated carbocycles. The van der Waals surface area contributed by atoms with E-state index in [4.69, 9.17) is 0 Å². The number of halogens is 2. The van der Waals surface area contributed by atoms with Crippen LogP contribution in [0.3, 0.4) is 0 Å². The van der Waals surface area contributed by atoms with Gasteiger partial charge in [-0.25, -0.2) is 14.4 Å². The molecule has 0 radical (unpaired) electrons. The lowest BCUT2D eigenvalue weighted by molar-refractivity contribution is 0.598. The van der Waals surface area contributed by atoms with Gasteiger partial charge in [0.05, 0.1) is 12.7 Å². The normalized spacial score (nSPS) is 10.7. The molecule has 100 valence electrons. The van der Waals surface area contributed by atoms with Crippen LogP contribution in [0.15, 0.2) is 53.7 Å². The fourth-order valence-electron chi connectivity index (χ4n) is 1.94. The van der Waals surface area contributed by atoms with Gasteiger partial charge in [0.15, 0.2) is 5.82 Å². The van der Waals surface area contributed by atoms with Crippen LogP contribution in [0.5, 0.6) is 0 Å². The molecule has 0 saturated heterocycles. The number of benzene rings is 1. The molecule has 0 N–H and O–H groups in total. The maximum Gasteiger partial charge on any atom is 0.160 e. The number of imidazole rings is 1. The van der Waals surface area contributed by atoms with Crippen molar-refractivity contribution in [1.82, 2.24) is 19.5 Å². The molecular formula is C14H10BrFN4. The molecule has 4 nitrogen and oxygen atoms in total. The minimum absolute atomic E-state index is 0.252. The summed E-state index contributed by atoms with van der Waals surface area (Å²) in [6.07, 6.45) is 8.30. The van der Waals surface area contributed by atoms with Crippen LogP contribution in [-0.2, 0) is 6.54 Å². The zero-order chi connectivity index (χ0) is 13.9. The van der Waals surface area contributed by atoms with Gasteiger partial charge in [-0.2, -0.15) is 0 Å². The van der Waals surface area contributed by atoms with Gasteiger partial charge in [0.2, 0.25) is 0 Å². The number of hydrogen-bond donors (Lipinski definition) is 0. The van der Waals surface area contributed by atoms with Gasteiger partial charge in [-0.1, -0.05) is 22.0 Å². The standard InChI is InChI=1S/C14H10BrFN4/c15-11-2-1-3-12(16)10(11)9-20-7-6-19-14(20)13-8-17-4-5-18-13/h1-8H,9H2. The molecule has 1 aromatic carbocycles. The highest BCUT2D eigenvalue weighted by Gasteiger charge is 2.12. The Balaban J connectivity index is 1.99. The van der Waals surface area contributed by atoms with Crippen LogP contribution < -0.4 is 0 Å². The van der Waals surface area contributed by atoms with Crippen LogP contribution in [-0.4, -0.2) is 19.5 Å². The second kappa shape index (κ2) is 5.50. The Bertz CT molecular complexity index is 707. The molecule has 0 atom stereocenters. The molecule has 0 amide bonds. The summed E-state index contributed by atoms with van der Waals surface area (Å²) in [5, 5.41) is 0. The molecule has 0 aliphatic carbocycles. The van der Waals surface area contributed by atoms with Crippen LogP contribution in [0.25, 0.3) is 11.5 Å². The molecule has 0 bridgehead atoms. The molecule has 20 heavy (non-hydrogen) atoms. The quantitative estimate of drug-likeness (QED) is 0.739. The highest BCUT2D eigenvalue weighted by atomic mass is 79.9. The van der Waals surface area contributed by atoms with Gasteiger partial charge >= 0.3 is 0 Å². The fourth-order valence-corrected chi connectivity index (χ4v) is 2.41. The number of nitrogens with zero attached hydrogens (tertiary/aromatic N) is 4. The lowest BCUT2D eigenvalue weighted by Crippen LogP contribution is -2.04. The average Bonchev–Trinajstić information content (AvgIpc) is 2.92. The predicted octanol–water partition coefficient (Wildman–Crippen LogP) is 3.29. The van der Waals surface area contributed by atoms with Crippen molar-refractivity contribution in [3.8, 4) is 11.5 Å². The van der Waals surface area contributed by atoms with E-state index in [9.17, 15) is 4.39 Å². The summed E-state index contributed by atoms with van der Waals surface area (Å²) in [4.78, 5) is 12.5. The van der Waals surface area contributed by atoms with E-state index in [2.05, 4.69) is 30.9 Å². The second-order valence-corrected chi connectivity index (χ2v) is 5.02. The van der Waals surface area contributed by atoms with Crippen molar-refractivity contribution in [3.63, 3.8) is 0 Å². The maximum absolute atomic E-state index is 13.9. The van der Waals surface area contributed by atoms with Crippen molar-refractivity contribution in [2.45, 2.75) is 6.54 Å². The van der Waals surface area contributed by atoms with Gasteiger partial charge in [-0.3, -0.25) is 4.98 Å². The van der Waals surface area contributed by atoms with Crippen molar-refractivity contribution in [2.24, 2.45) is 0 Å². The molecule has 0 aliphatic heterocycles. The van der Waals surface area contributed by atoms with E-state index < -0.39 is 0 Å². The van der Waals surface area contributed by atoms with Crippen molar-refractivity contribution in [1.29, 1.82) is 0 Å². The second-order valence-electron chi connectivity index (χ2n) is 4.17. The summed E-state index contributed by atoms with van der Waals surface area (Å²) >= 11 is 3.37. The summed E-state index contributed by atoms with van der Waals surface area (Å²) in [6, 6.07) is 4.93. The molecule has 0 spiro atoms. The highest BCUT2D eigenvalue weighted by molar-refractivity contribution is 9.10. The van der Waals surface area contributed by atoms with Gasteiger partial charge < -0.3 is 4.57 Å². The fraction of sp³-hybridized carbons (Fsp3) is 0.0714. The van der Waals surface area contributed by atoms with Crippen LogP contribution in [0.2, 0.25) is 0 Å². The molecule has 2 aromatic heterocycles. The molecule has 3 rings (SSSR count). The van der Waals surface area contributed by atoms with E-state index in [1.165, 1.54) is 6.07 Å². The smallest absolute Gasteiger partial charge is 0.160 e. The minimum Gasteiger partial charge on any atom is -0.325 e. The topological polar surface area (TPSA) is 43.6 Å². The third kappa shape index (κ3) is 2.46. The van der Waals surface area contributed by atoms with Crippen molar-refractivity contribution in [2.75, 3.05) is 0 Å². The molecule has 0 unspecified atom stereocenters. The number of aromatic nitrogens is 4. The van der Waals surface area contributed by atoms with E-state index in [-0.39, 0.29) is 5.82 Å². The lowest BCUT2D eigenvalue weighted by atomic mass is 10.2.